The highest BCUT2D eigenvalue weighted by Crippen LogP contribution is 2.22. The molecule has 2 aromatic heterocycles. The van der Waals surface area contributed by atoms with Gasteiger partial charge in [-0.1, -0.05) is 60.7 Å². The Balaban J connectivity index is 1.69. The van der Waals surface area contributed by atoms with E-state index in [2.05, 4.69) is 9.97 Å². The molecule has 0 radical (unpaired) electrons. The van der Waals surface area contributed by atoms with Crippen molar-refractivity contribution in [1.29, 1.82) is 0 Å². The first kappa shape index (κ1) is 29.4. The number of hydrogen-bond acceptors (Lipinski definition) is 6. The maximum Gasteiger partial charge on any atom is 0.247 e. The number of aryl methyl sites for hydroxylation is 2. The third kappa shape index (κ3) is 7.99. The van der Waals surface area contributed by atoms with Crippen LogP contribution in [0.4, 0.5) is 0 Å². The van der Waals surface area contributed by atoms with Gasteiger partial charge in [-0.05, 0) is 41.3 Å². The molecule has 0 N–H and O–H groups in total. The van der Waals surface area contributed by atoms with Gasteiger partial charge in [0.1, 0.15) is 17.5 Å². The molecular formula is C33H36N4O4. The molecule has 2 amide bonds. The van der Waals surface area contributed by atoms with E-state index in [0.717, 1.165) is 22.3 Å². The Morgan fingerprint density at radius 1 is 0.976 bits per heavy atom. The Kier molecular flexibility index (Phi) is 10.2. The molecule has 0 aliphatic rings. The number of carbonyl (C=O) groups is 2. The lowest BCUT2D eigenvalue weighted by Crippen LogP contribution is -2.51. The second-order valence-corrected chi connectivity index (χ2v) is 9.87. The highest BCUT2D eigenvalue weighted by atomic mass is 16.5. The summed E-state index contributed by atoms with van der Waals surface area (Å²) in [7, 11) is 3.34. The number of aromatic nitrogens is 2. The van der Waals surface area contributed by atoms with E-state index in [-0.39, 0.29) is 18.4 Å². The van der Waals surface area contributed by atoms with Crippen LogP contribution in [0, 0.1) is 13.8 Å². The number of rotatable bonds is 12. The zero-order valence-corrected chi connectivity index (χ0v) is 24.0. The number of methoxy groups -OCH3 is 1. The van der Waals surface area contributed by atoms with E-state index in [1.165, 1.54) is 6.08 Å². The highest BCUT2D eigenvalue weighted by molar-refractivity contribution is 5.95. The minimum Gasteiger partial charge on any atom is -0.446 e. The molecule has 2 heterocycles. The second kappa shape index (κ2) is 14.2. The first-order valence-corrected chi connectivity index (χ1v) is 13.6. The second-order valence-electron chi connectivity index (χ2n) is 9.87. The molecular weight excluding hydrogens is 516 g/mol. The Labute approximate surface area is 241 Å². The van der Waals surface area contributed by atoms with E-state index in [0.29, 0.717) is 36.9 Å². The number of benzene rings is 2. The zero-order valence-electron chi connectivity index (χ0n) is 24.0. The van der Waals surface area contributed by atoms with Gasteiger partial charge in [-0.3, -0.25) is 14.6 Å². The Morgan fingerprint density at radius 2 is 1.73 bits per heavy atom. The lowest BCUT2D eigenvalue weighted by Gasteiger charge is -2.33. The van der Waals surface area contributed by atoms with Crippen molar-refractivity contribution in [3.63, 3.8) is 0 Å². The van der Waals surface area contributed by atoms with Gasteiger partial charge in [-0.2, -0.15) is 0 Å². The van der Waals surface area contributed by atoms with Crippen LogP contribution >= 0.6 is 0 Å². The van der Waals surface area contributed by atoms with Crippen molar-refractivity contribution in [2.45, 2.75) is 32.9 Å². The van der Waals surface area contributed by atoms with Crippen LogP contribution < -0.4 is 0 Å². The molecule has 0 aliphatic heterocycles. The molecule has 1 atom stereocenters. The minimum absolute atomic E-state index is 0.159. The van der Waals surface area contributed by atoms with Crippen LogP contribution in [0.1, 0.15) is 28.5 Å². The first-order chi connectivity index (χ1) is 19.9. The first-order valence-electron chi connectivity index (χ1n) is 13.6. The van der Waals surface area contributed by atoms with Crippen molar-refractivity contribution in [3.05, 3.63) is 114 Å². The summed E-state index contributed by atoms with van der Waals surface area (Å²) in [6.45, 7) is 4.62. The third-order valence-corrected chi connectivity index (χ3v) is 6.85. The molecule has 4 aromatic rings. The van der Waals surface area contributed by atoms with Crippen molar-refractivity contribution in [2.24, 2.45) is 0 Å². The Hall–Kier alpha value is -4.56. The number of hydrogen-bond donors (Lipinski definition) is 0. The summed E-state index contributed by atoms with van der Waals surface area (Å²) in [4.78, 5) is 39.6. The molecule has 41 heavy (non-hydrogen) atoms. The highest BCUT2D eigenvalue weighted by Gasteiger charge is 2.31. The molecule has 0 fully saturated rings. The molecule has 1 unspecified atom stereocenters. The summed E-state index contributed by atoms with van der Waals surface area (Å²) < 4.78 is 10.7. The lowest BCUT2D eigenvalue weighted by atomic mass is 10.0. The van der Waals surface area contributed by atoms with Crippen LogP contribution in [0.5, 0.6) is 0 Å². The van der Waals surface area contributed by atoms with Gasteiger partial charge in [0.2, 0.25) is 11.8 Å². The van der Waals surface area contributed by atoms with Crippen molar-refractivity contribution >= 4 is 17.9 Å². The van der Waals surface area contributed by atoms with Gasteiger partial charge >= 0.3 is 0 Å². The van der Waals surface area contributed by atoms with E-state index < -0.39 is 6.04 Å². The number of likely N-dealkylation sites (N-methyl/N-ethyl adjacent to an activating group) is 1. The largest absolute Gasteiger partial charge is 0.446 e. The number of amides is 2. The number of oxazole rings is 1. The Bertz CT molecular complexity index is 1450. The average Bonchev–Trinajstić information content (AvgIpc) is 3.33. The quantitative estimate of drug-likeness (QED) is 0.227. The summed E-state index contributed by atoms with van der Waals surface area (Å²) in [5, 5.41) is 0. The van der Waals surface area contributed by atoms with Gasteiger partial charge in [0.25, 0.3) is 0 Å². The summed E-state index contributed by atoms with van der Waals surface area (Å²) in [6.07, 6.45) is 7.03. The summed E-state index contributed by atoms with van der Waals surface area (Å²) in [6, 6.07) is 20.9. The van der Waals surface area contributed by atoms with E-state index in [1.54, 1.807) is 50.1 Å². The summed E-state index contributed by atoms with van der Waals surface area (Å²) in [5.41, 5.74) is 4.47. The van der Waals surface area contributed by atoms with Gasteiger partial charge in [0, 0.05) is 59.1 Å². The van der Waals surface area contributed by atoms with Gasteiger partial charge in [-0.15, -0.1) is 0 Å². The van der Waals surface area contributed by atoms with Crippen molar-refractivity contribution in [3.8, 4) is 11.1 Å². The van der Waals surface area contributed by atoms with Gasteiger partial charge in [0.05, 0.1) is 6.61 Å². The molecule has 4 rings (SSSR count). The fourth-order valence-electron chi connectivity index (χ4n) is 4.58. The maximum absolute atomic E-state index is 13.9. The summed E-state index contributed by atoms with van der Waals surface area (Å²) >= 11 is 0. The van der Waals surface area contributed by atoms with Crippen LogP contribution in [0.15, 0.2) is 89.6 Å². The molecule has 0 bridgehead atoms. The average molecular weight is 553 g/mol. The molecule has 0 saturated heterocycles. The van der Waals surface area contributed by atoms with E-state index >= 15 is 0 Å². The molecule has 8 nitrogen and oxygen atoms in total. The predicted molar refractivity (Wildman–Crippen MR) is 159 cm³/mol. The number of nitrogens with zero attached hydrogens (tertiary/aromatic N) is 4. The van der Waals surface area contributed by atoms with Gasteiger partial charge in [-0.25, -0.2) is 4.98 Å². The monoisotopic (exact) mass is 552 g/mol. The number of carbonyl (C=O) groups excluding carboxylic acids is 2. The molecule has 212 valence electrons. The van der Waals surface area contributed by atoms with Crippen LogP contribution in [0.25, 0.3) is 17.2 Å². The van der Waals surface area contributed by atoms with Crippen LogP contribution in [-0.2, 0) is 27.3 Å². The number of ether oxygens (including phenoxy) is 1. The molecule has 0 aliphatic carbocycles. The molecule has 0 spiro atoms. The van der Waals surface area contributed by atoms with Crippen molar-refractivity contribution in [1.82, 2.24) is 19.8 Å². The van der Waals surface area contributed by atoms with E-state index in [4.69, 9.17) is 9.15 Å². The molecule has 8 heteroatoms. The number of pyridine rings is 1. The molecule has 2 aromatic carbocycles. The smallest absolute Gasteiger partial charge is 0.247 e. The fourth-order valence-corrected chi connectivity index (χ4v) is 4.58. The summed E-state index contributed by atoms with van der Waals surface area (Å²) in [5.74, 6) is 0.696. The maximum atomic E-state index is 13.9. The molecule has 0 saturated carbocycles. The van der Waals surface area contributed by atoms with Crippen molar-refractivity contribution < 1.29 is 18.7 Å². The van der Waals surface area contributed by atoms with E-state index in [1.807, 2.05) is 72.9 Å². The van der Waals surface area contributed by atoms with Crippen LogP contribution in [0.3, 0.4) is 0 Å². The lowest BCUT2D eigenvalue weighted by molar-refractivity contribution is -0.143. The third-order valence-electron chi connectivity index (χ3n) is 6.85. The van der Waals surface area contributed by atoms with Gasteiger partial charge < -0.3 is 19.0 Å². The minimum atomic E-state index is -0.741. The predicted octanol–water partition coefficient (Wildman–Crippen LogP) is 5.11. The van der Waals surface area contributed by atoms with Gasteiger partial charge in [0.15, 0.2) is 5.89 Å². The Morgan fingerprint density at radius 3 is 2.37 bits per heavy atom. The normalized spacial score (nSPS) is 11.9. The van der Waals surface area contributed by atoms with E-state index in [9.17, 15) is 9.59 Å². The standard InChI is InChI=1S/C33H36N4O4/c1-24-30(35-25(2)41-24)16-17-32(38)37(23-27-12-14-28(15-13-27)29-11-8-18-34-22-29)31(21-26-9-6-5-7-10-26)33(39)36(3)19-20-40-4/h5-18,22,31H,19-21,23H2,1-4H3. The SMILES string of the molecule is COCCN(C)C(=O)C(Cc1ccccc1)N(Cc1ccc(-c2cccnc2)cc1)C(=O)C=Cc1nc(C)oc1C. The van der Waals surface area contributed by atoms with Crippen molar-refractivity contribution in [2.75, 3.05) is 27.3 Å². The fraction of sp³-hybridized carbons (Fsp3) is 0.273. The topological polar surface area (TPSA) is 88.8 Å². The van der Waals surface area contributed by atoms with Crippen LogP contribution in [0.2, 0.25) is 0 Å². The zero-order chi connectivity index (χ0) is 29.2. The van der Waals surface area contributed by atoms with Crippen LogP contribution in [-0.4, -0.2) is 64.9 Å².